The van der Waals surface area contributed by atoms with Crippen molar-refractivity contribution in [2.24, 2.45) is 0 Å². The molecule has 1 aromatic heterocycles. The van der Waals surface area contributed by atoms with E-state index in [1.807, 2.05) is 0 Å². The molecule has 5 heteroatoms. The second-order valence-corrected chi connectivity index (χ2v) is 23.3. The van der Waals surface area contributed by atoms with Crippen LogP contribution in [0.3, 0.4) is 0 Å². The molecule has 316 valence electrons. The lowest BCUT2D eigenvalue weighted by atomic mass is 9.43. The number of anilines is 5. The van der Waals surface area contributed by atoms with Crippen molar-refractivity contribution in [2.75, 3.05) is 9.71 Å². The molecule has 0 radical (unpaired) electrons. The van der Waals surface area contributed by atoms with E-state index in [-0.39, 0.29) is 12.3 Å². The third kappa shape index (κ3) is 5.29. The zero-order valence-corrected chi connectivity index (χ0v) is 38.7. The number of hydrogen-bond donors (Lipinski definition) is 0. The Kier molecular flexibility index (Phi) is 8.07. The third-order valence-corrected chi connectivity index (χ3v) is 19.9. The molecule has 0 unspecified atom stereocenters. The summed E-state index contributed by atoms with van der Waals surface area (Å²) in [6.45, 7) is 6.76. The predicted molar refractivity (Wildman–Crippen MR) is 286 cm³/mol. The second kappa shape index (κ2) is 14.1. The number of furan rings is 1. The summed E-state index contributed by atoms with van der Waals surface area (Å²) in [5.74, 6) is 0. The topological polar surface area (TPSA) is 19.6 Å². The maximum Gasteiger partial charge on any atom is 0.333 e. The van der Waals surface area contributed by atoms with Crippen LogP contribution in [0.4, 0.5) is 28.4 Å². The molecule has 0 N–H and O–H groups in total. The highest BCUT2D eigenvalue weighted by Gasteiger charge is 2.55. The van der Waals surface area contributed by atoms with Gasteiger partial charge in [0.05, 0.1) is 5.69 Å². The third-order valence-electron chi connectivity index (χ3n) is 15.0. The van der Waals surface area contributed by atoms with Crippen molar-refractivity contribution < 1.29 is 4.42 Å². The van der Waals surface area contributed by atoms with Gasteiger partial charge in [-0.2, -0.15) is 0 Å². The summed E-state index contributed by atoms with van der Waals surface area (Å²) in [7, 11) is -2.92. The minimum atomic E-state index is -2.92. The summed E-state index contributed by atoms with van der Waals surface area (Å²) in [4.78, 5) is 5.34. The van der Waals surface area contributed by atoms with Crippen molar-refractivity contribution in [3.05, 3.63) is 224 Å². The van der Waals surface area contributed by atoms with Crippen LogP contribution in [0.2, 0.25) is 0 Å². The normalized spacial score (nSPS) is 14.2. The summed E-state index contributed by atoms with van der Waals surface area (Å²) in [6.07, 6.45) is 0. The first kappa shape index (κ1) is 38.4. The van der Waals surface area contributed by atoms with Gasteiger partial charge in [0.15, 0.2) is 8.07 Å². The Hall–Kier alpha value is -7.86. The molecule has 0 saturated heterocycles. The van der Waals surface area contributed by atoms with Gasteiger partial charge in [0.1, 0.15) is 11.2 Å². The number of benzene rings is 10. The van der Waals surface area contributed by atoms with Crippen LogP contribution in [0.5, 0.6) is 0 Å². The predicted octanol–water partition coefficient (Wildman–Crippen LogP) is 12.1. The monoisotopic (exact) mass is 872 g/mol. The summed E-state index contributed by atoms with van der Waals surface area (Å²) >= 11 is 0. The molecule has 3 nitrogen and oxygen atoms in total. The van der Waals surface area contributed by atoms with Crippen molar-refractivity contribution in [3.63, 3.8) is 0 Å². The van der Waals surface area contributed by atoms with Crippen molar-refractivity contribution in [2.45, 2.75) is 26.2 Å². The van der Waals surface area contributed by atoms with E-state index < -0.39 is 8.07 Å². The van der Waals surface area contributed by atoms with E-state index in [0.717, 1.165) is 33.3 Å². The van der Waals surface area contributed by atoms with Gasteiger partial charge in [-0.25, -0.2) is 0 Å². The van der Waals surface area contributed by atoms with Gasteiger partial charge < -0.3 is 14.1 Å². The molecule has 3 aliphatic heterocycles. The average Bonchev–Trinajstić information content (AvgIpc) is 3.74. The molecular weight excluding hydrogens is 828 g/mol. The van der Waals surface area contributed by atoms with Crippen molar-refractivity contribution in [1.29, 1.82) is 0 Å². The fraction of sp³-hybridized carbons (Fsp3) is 0.0645. The summed E-state index contributed by atoms with van der Waals surface area (Å²) < 4.78 is 6.87. The highest BCUT2D eigenvalue weighted by molar-refractivity contribution is 7.22. The van der Waals surface area contributed by atoms with Gasteiger partial charge >= 0.3 is 6.85 Å². The first-order valence-corrected chi connectivity index (χ1v) is 25.5. The summed E-state index contributed by atoms with van der Waals surface area (Å²) in [5.41, 5.74) is 16.7. The molecule has 0 bridgehead atoms. The number of hydrogen-bond acceptors (Lipinski definition) is 3. The Morgan fingerprint density at radius 1 is 0.463 bits per heavy atom. The zero-order chi connectivity index (χ0) is 44.6. The minimum absolute atomic E-state index is 0.0436. The summed E-state index contributed by atoms with van der Waals surface area (Å²) in [6, 6.07) is 82.4. The van der Waals surface area contributed by atoms with Crippen LogP contribution in [0.25, 0.3) is 55.0 Å². The molecule has 4 heterocycles. The molecule has 0 spiro atoms. The van der Waals surface area contributed by atoms with E-state index in [0.29, 0.717) is 0 Å². The molecule has 0 fully saturated rings. The van der Waals surface area contributed by atoms with Crippen LogP contribution in [-0.4, -0.2) is 14.9 Å². The highest BCUT2D eigenvalue weighted by Crippen LogP contribution is 2.52. The lowest BCUT2D eigenvalue weighted by Crippen LogP contribution is -2.79. The molecule has 11 aromatic rings. The lowest BCUT2D eigenvalue weighted by Gasteiger charge is -2.52. The van der Waals surface area contributed by atoms with Gasteiger partial charge in [-0.1, -0.05) is 197 Å². The van der Waals surface area contributed by atoms with Crippen LogP contribution >= 0.6 is 0 Å². The summed E-state index contributed by atoms with van der Waals surface area (Å²) in [5, 5.41) is 10.3. The van der Waals surface area contributed by atoms with Crippen LogP contribution in [0.1, 0.15) is 26.3 Å². The van der Waals surface area contributed by atoms with Gasteiger partial charge in [0.2, 0.25) is 0 Å². The van der Waals surface area contributed by atoms with Gasteiger partial charge in [-0.3, -0.25) is 0 Å². The molecule has 0 amide bonds. The Morgan fingerprint density at radius 2 is 1.12 bits per heavy atom. The fourth-order valence-electron chi connectivity index (χ4n) is 12.2. The Balaban J connectivity index is 1.17. The van der Waals surface area contributed by atoms with E-state index in [2.05, 4.69) is 249 Å². The first-order chi connectivity index (χ1) is 32.9. The second-order valence-electron chi connectivity index (χ2n) is 19.6. The van der Waals surface area contributed by atoms with E-state index in [1.54, 1.807) is 0 Å². The highest BCUT2D eigenvalue weighted by atomic mass is 28.3. The molecular formula is C62H45BN2OSi. The van der Waals surface area contributed by atoms with E-state index >= 15 is 0 Å². The minimum Gasteiger partial charge on any atom is -0.456 e. The maximum atomic E-state index is 6.87. The fourth-order valence-corrected chi connectivity index (χ4v) is 17.3. The standard InChI is InChI=1S/C62H45BN2OSi/c1-62(2,3)42-34-35-51(48(37-42)40-20-7-4-8-21-40)64-53-38-49-46-28-15-17-31-55(46)66-56(49)39-50(53)63-60-54(64)36-41-22-13-14-27-45(41)59(60)47-29-19-33-58-61(47)65(63)52-30-16-18-32-57(52)67(58,43-23-9-5-10-24-43)44-25-11-6-12-26-44/h4-39H,1-3H3. The van der Waals surface area contributed by atoms with Crippen molar-refractivity contribution in [3.8, 4) is 22.3 Å². The zero-order valence-electron chi connectivity index (χ0n) is 37.7. The molecule has 0 aliphatic carbocycles. The molecule has 0 saturated carbocycles. The van der Waals surface area contributed by atoms with Crippen LogP contribution in [0.15, 0.2) is 223 Å². The maximum absolute atomic E-state index is 6.87. The smallest absolute Gasteiger partial charge is 0.333 e. The number of nitrogens with zero attached hydrogens (tertiary/aromatic N) is 2. The van der Waals surface area contributed by atoms with Gasteiger partial charge in [0.25, 0.3) is 0 Å². The van der Waals surface area contributed by atoms with Crippen LogP contribution in [-0.2, 0) is 5.41 Å². The molecule has 67 heavy (non-hydrogen) atoms. The van der Waals surface area contributed by atoms with Gasteiger partial charge in [-0.05, 0) is 107 Å². The largest absolute Gasteiger partial charge is 0.456 e. The average molecular weight is 873 g/mol. The van der Waals surface area contributed by atoms with Gasteiger partial charge in [0, 0.05) is 44.6 Å². The lowest BCUT2D eigenvalue weighted by molar-refractivity contribution is 0.590. The van der Waals surface area contributed by atoms with Crippen molar-refractivity contribution >= 4 is 108 Å². The van der Waals surface area contributed by atoms with Crippen molar-refractivity contribution in [1.82, 2.24) is 0 Å². The first-order valence-electron chi connectivity index (χ1n) is 23.5. The SMILES string of the molecule is CC(C)(C)c1ccc(N2c3cc4c(cc3B3c5c2cc2ccccc2c5-c2cccc5c2N3c2ccccc2[Si]5(c2ccccc2)c2ccccc2)oc2ccccc24)c(-c2ccccc2)c1. The van der Waals surface area contributed by atoms with E-state index in [4.69, 9.17) is 4.42 Å². The number of rotatable bonds is 4. The molecule has 0 atom stereocenters. The van der Waals surface area contributed by atoms with Crippen LogP contribution < -0.4 is 41.4 Å². The van der Waals surface area contributed by atoms with E-state index in [1.165, 1.54) is 87.3 Å². The van der Waals surface area contributed by atoms with Crippen LogP contribution in [0, 0.1) is 0 Å². The quantitative estimate of drug-likeness (QED) is 0.164. The molecule has 3 aliphatic rings. The Bertz CT molecular complexity index is 3780. The number of fused-ring (bicyclic) bond motifs is 11. The number of para-hydroxylation sites is 3. The van der Waals surface area contributed by atoms with E-state index in [9.17, 15) is 0 Å². The van der Waals surface area contributed by atoms with Gasteiger partial charge in [-0.15, -0.1) is 0 Å². The Labute approximate surface area is 392 Å². The molecule has 10 aromatic carbocycles. The molecule has 14 rings (SSSR count). The Morgan fingerprint density at radius 3 is 1.88 bits per heavy atom.